The Labute approximate surface area is 103 Å². The second-order valence-electron chi connectivity index (χ2n) is 5.18. The first-order chi connectivity index (χ1) is 7.54. The van der Waals surface area contributed by atoms with Gasteiger partial charge in [0.25, 0.3) is 0 Å². The number of thiazole rings is 1. The van der Waals surface area contributed by atoms with Crippen LogP contribution in [0.2, 0.25) is 0 Å². The van der Waals surface area contributed by atoms with Crippen LogP contribution >= 0.6 is 11.3 Å². The van der Waals surface area contributed by atoms with Crippen molar-refractivity contribution in [3.8, 4) is 0 Å². The summed E-state index contributed by atoms with van der Waals surface area (Å²) in [5.74, 6) is 1.75. The molecular formula is C13H24N2S. The predicted octanol–water partition coefficient (Wildman–Crippen LogP) is 3.43. The highest BCUT2D eigenvalue weighted by Crippen LogP contribution is 2.25. The van der Waals surface area contributed by atoms with E-state index in [-0.39, 0.29) is 0 Å². The summed E-state index contributed by atoms with van der Waals surface area (Å²) in [6.07, 6.45) is 2.33. The molecule has 0 saturated heterocycles. The predicted molar refractivity (Wildman–Crippen MR) is 71.9 cm³/mol. The fourth-order valence-corrected chi connectivity index (χ4v) is 2.63. The molecule has 0 aliphatic heterocycles. The zero-order valence-electron chi connectivity index (χ0n) is 10.9. The summed E-state index contributed by atoms with van der Waals surface area (Å²) >= 11 is 1.79. The lowest BCUT2D eigenvalue weighted by atomic mass is 9.93. The minimum atomic E-state index is 0.420. The van der Waals surface area contributed by atoms with Crippen LogP contribution in [0, 0.1) is 11.8 Å². The topological polar surface area (TPSA) is 38.9 Å². The lowest BCUT2D eigenvalue weighted by molar-refractivity contribution is 0.496. The molecule has 3 heteroatoms. The molecule has 1 rings (SSSR count). The van der Waals surface area contributed by atoms with E-state index in [1.54, 1.807) is 11.3 Å². The van der Waals surface area contributed by atoms with Crippen LogP contribution in [0.15, 0.2) is 5.38 Å². The molecule has 1 unspecified atom stereocenters. The molecule has 0 saturated carbocycles. The third-order valence-corrected chi connectivity index (χ3v) is 3.87. The monoisotopic (exact) mass is 240 g/mol. The van der Waals surface area contributed by atoms with Crippen LogP contribution in [0.1, 0.15) is 50.7 Å². The van der Waals surface area contributed by atoms with E-state index in [1.807, 2.05) is 0 Å². The number of nitrogens with two attached hydrogens (primary N) is 1. The fourth-order valence-electron chi connectivity index (χ4n) is 1.76. The van der Waals surface area contributed by atoms with Crippen molar-refractivity contribution in [3.63, 3.8) is 0 Å². The Hall–Kier alpha value is -0.410. The standard InChI is InChI=1S/C13H24N2S/c1-9(2)5-6-13-15-12(8-16-13)11(7-14)10(3)4/h8-11H,5-7,14H2,1-4H3. The van der Waals surface area contributed by atoms with Crippen LogP contribution in [-0.2, 0) is 6.42 Å². The summed E-state index contributed by atoms with van der Waals surface area (Å²) < 4.78 is 0. The molecule has 0 aliphatic carbocycles. The highest BCUT2D eigenvalue weighted by molar-refractivity contribution is 7.09. The summed E-state index contributed by atoms with van der Waals surface area (Å²) in [5, 5.41) is 3.45. The minimum Gasteiger partial charge on any atom is -0.330 e. The molecule has 0 aliphatic rings. The first kappa shape index (κ1) is 13.7. The second kappa shape index (κ2) is 6.36. The number of nitrogens with zero attached hydrogens (tertiary/aromatic N) is 1. The lowest BCUT2D eigenvalue weighted by Crippen LogP contribution is -2.18. The Morgan fingerprint density at radius 3 is 2.50 bits per heavy atom. The van der Waals surface area contributed by atoms with Crippen molar-refractivity contribution in [1.82, 2.24) is 4.98 Å². The molecule has 2 nitrogen and oxygen atoms in total. The number of hydrogen-bond donors (Lipinski definition) is 1. The van der Waals surface area contributed by atoms with Gasteiger partial charge in [-0.2, -0.15) is 0 Å². The normalized spacial score (nSPS) is 13.7. The van der Waals surface area contributed by atoms with E-state index in [0.717, 1.165) is 12.3 Å². The van der Waals surface area contributed by atoms with Crippen LogP contribution in [0.3, 0.4) is 0 Å². The molecule has 1 aromatic rings. The van der Waals surface area contributed by atoms with Gasteiger partial charge >= 0.3 is 0 Å². The van der Waals surface area contributed by atoms with Crippen molar-refractivity contribution < 1.29 is 0 Å². The zero-order chi connectivity index (χ0) is 12.1. The van der Waals surface area contributed by atoms with Crippen molar-refractivity contribution in [2.75, 3.05) is 6.54 Å². The maximum Gasteiger partial charge on any atom is 0.0928 e. The van der Waals surface area contributed by atoms with E-state index in [2.05, 4.69) is 33.1 Å². The van der Waals surface area contributed by atoms with E-state index in [1.165, 1.54) is 17.1 Å². The molecule has 2 N–H and O–H groups in total. The van der Waals surface area contributed by atoms with Gasteiger partial charge in [-0.25, -0.2) is 4.98 Å². The van der Waals surface area contributed by atoms with Crippen molar-refractivity contribution in [2.24, 2.45) is 17.6 Å². The molecule has 0 spiro atoms. The number of aromatic nitrogens is 1. The maximum atomic E-state index is 5.80. The molecular weight excluding hydrogens is 216 g/mol. The average molecular weight is 240 g/mol. The minimum absolute atomic E-state index is 0.420. The summed E-state index contributed by atoms with van der Waals surface area (Å²) in [7, 11) is 0. The van der Waals surface area contributed by atoms with E-state index in [9.17, 15) is 0 Å². The van der Waals surface area contributed by atoms with Gasteiger partial charge in [0.2, 0.25) is 0 Å². The molecule has 1 heterocycles. The van der Waals surface area contributed by atoms with Crippen LogP contribution in [0.25, 0.3) is 0 Å². The Kier molecular flexibility index (Phi) is 5.42. The third-order valence-electron chi connectivity index (χ3n) is 2.94. The van der Waals surface area contributed by atoms with Gasteiger partial charge in [0.15, 0.2) is 0 Å². The van der Waals surface area contributed by atoms with Crippen LogP contribution in [0.4, 0.5) is 0 Å². The van der Waals surface area contributed by atoms with Crippen molar-refractivity contribution in [1.29, 1.82) is 0 Å². The van der Waals surface area contributed by atoms with Gasteiger partial charge in [0, 0.05) is 17.8 Å². The van der Waals surface area contributed by atoms with E-state index in [0.29, 0.717) is 18.4 Å². The summed E-state index contributed by atoms with van der Waals surface area (Å²) in [4.78, 5) is 4.71. The van der Waals surface area contributed by atoms with Crippen LogP contribution in [0.5, 0.6) is 0 Å². The van der Waals surface area contributed by atoms with E-state index in [4.69, 9.17) is 10.7 Å². The van der Waals surface area contributed by atoms with Crippen LogP contribution in [-0.4, -0.2) is 11.5 Å². The van der Waals surface area contributed by atoms with Crippen LogP contribution < -0.4 is 5.73 Å². The maximum absolute atomic E-state index is 5.80. The van der Waals surface area contributed by atoms with Gasteiger partial charge in [-0.3, -0.25) is 0 Å². The molecule has 0 radical (unpaired) electrons. The number of aryl methyl sites for hydroxylation is 1. The number of rotatable bonds is 6. The molecule has 0 fully saturated rings. The van der Waals surface area contributed by atoms with Gasteiger partial charge < -0.3 is 5.73 Å². The molecule has 16 heavy (non-hydrogen) atoms. The quantitative estimate of drug-likeness (QED) is 0.827. The highest BCUT2D eigenvalue weighted by atomic mass is 32.1. The summed E-state index contributed by atoms with van der Waals surface area (Å²) in [6.45, 7) is 9.64. The van der Waals surface area contributed by atoms with Gasteiger partial charge in [0.05, 0.1) is 10.7 Å². The number of hydrogen-bond acceptors (Lipinski definition) is 3. The molecule has 1 atom stereocenters. The Balaban J connectivity index is 2.62. The largest absolute Gasteiger partial charge is 0.330 e. The molecule has 1 aromatic heterocycles. The molecule has 0 amide bonds. The lowest BCUT2D eigenvalue weighted by Gasteiger charge is -2.15. The molecule has 92 valence electrons. The van der Waals surface area contributed by atoms with Gasteiger partial charge in [-0.05, 0) is 24.7 Å². The van der Waals surface area contributed by atoms with Gasteiger partial charge in [-0.1, -0.05) is 27.7 Å². The Morgan fingerprint density at radius 1 is 1.31 bits per heavy atom. The van der Waals surface area contributed by atoms with E-state index >= 15 is 0 Å². The van der Waals surface area contributed by atoms with Gasteiger partial charge in [-0.15, -0.1) is 11.3 Å². The molecule has 0 aromatic carbocycles. The summed E-state index contributed by atoms with van der Waals surface area (Å²) in [6, 6.07) is 0. The van der Waals surface area contributed by atoms with E-state index < -0.39 is 0 Å². The highest BCUT2D eigenvalue weighted by Gasteiger charge is 2.17. The SMILES string of the molecule is CC(C)CCc1nc(C(CN)C(C)C)cs1. The zero-order valence-corrected chi connectivity index (χ0v) is 11.7. The second-order valence-corrected chi connectivity index (χ2v) is 6.13. The smallest absolute Gasteiger partial charge is 0.0928 e. The Bertz CT molecular complexity index is 305. The van der Waals surface area contributed by atoms with Crippen molar-refractivity contribution in [2.45, 2.75) is 46.5 Å². The first-order valence-corrected chi connectivity index (χ1v) is 7.07. The molecule has 0 bridgehead atoms. The Morgan fingerprint density at radius 2 is 2.00 bits per heavy atom. The fraction of sp³-hybridized carbons (Fsp3) is 0.769. The summed E-state index contributed by atoms with van der Waals surface area (Å²) in [5.41, 5.74) is 7.00. The third kappa shape index (κ3) is 3.87. The first-order valence-electron chi connectivity index (χ1n) is 6.19. The van der Waals surface area contributed by atoms with Gasteiger partial charge in [0.1, 0.15) is 0 Å². The van der Waals surface area contributed by atoms with Crippen molar-refractivity contribution in [3.05, 3.63) is 16.1 Å². The average Bonchev–Trinajstić information content (AvgIpc) is 2.64. The van der Waals surface area contributed by atoms with Crippen molar-refractivity contribution >= 4 is 11.3 Å².